The quantitative estimate of drug-likeness (QED) is 0.797. The molecule has 1 aromatic rings. The number of ether oxygens (including phenoxy) is 2. The van der Waals surface area contributed by atoms with Crippen molar-refractivity contribution in [3.05, 3.63) is 29.3 Å². The normalized spacial score (nSPS) is 11.8. The summed E-state index contributed by atoms with van der Waals surface area (Å²) in [5.74, 6) is 0.889. The lowest BCUT2D eigenvalue weighted by Gasteiger charge is -2.13. The van der Waals surface area contributed by atoms with Crippen molar-refractivity contribution in [3.63, 3.8) is 0 Å². The zero-order valence-corrected chi connectivity index (χ0v) is 12.8. The van der Waals surface area contributed by atoms with Crippen molar-refractivity contribution in [3.8, 4) is 5.75 Å². The zero-order chi connectivity index (χ0) is 13.4. The molecule has 0 bridgehead atoms. The van der Waals surface area contributed by atoms with Crippen molar-refractivity contribution < 1.29 is 14.6 Å². The molecule has 0 amide bonds. The molecule has 1 atom stereocenters. The Labute approximate surface area is 122 Å². The van der Waals surface area contributed by atoms with Gasteiger partial charge in [-0.2, -0.15) is 0 Å². The van der Waals surface area contributed by atoms with Crippen LogP contribution in [0.2, 0.25) is 0 Å². The van der Waals surface area contributed by atoms with Crippen LogP contribution >= 0.6 is 12.4 Å². The van der Waals surface area contributed by atoms with Gasteiger partial charge in [-0.15, -0.1) is 12.4 Å². The maximum atomic E-state index is 9.42. The molecule has 0 saturated heterocycles. The number of halogens is 1. The molecule has 1 N–H and O–H groups in total. The fourth-order valence-electron chi connectivity index (χ4n) is 1.78. The fourth-order valence-corrected chi connectivity index (χ4v) is 1.78. The Balaban J connectivity index is 0.00000324. The lowest BCUT2D eigenvalue weighted by atomic mass is 10.1. The minimum absolute atomic E-state index is 0. The molecule has 0 fully saturated rings. The van der Waals surface area contributed by atoms with Crippen molar-refractivity contribution in [2.24, 2.45) is 0 Å². The van der Waals surface area contributed by atoms with Crippen LogP contribution in [0.3, 0.4) is 0 Å². The van der Waals surface area contributed by atoms with Gasteiger partial charge in [-0.3, -0.25) is 0 Å². The number of aliphatic hydroxyl groups is 1. The van der Waals surface area contributed by atoms with Gasteiger partial charge in [0.1, 0.15) is 5.75 Å². The second-order valence-electron chi connectivity index (χ2n) is 4.48. The third-order valence-corrected chi connectivity index (χ3v) is 2.58. The molecule has 1 unspecified atom stereocenters. The SMILES string of the molecule is CCCOc1ccc(CC(C)O)cc1COCC.Cl. The molecular weight excluding hydrogens is 264 g/mol. The summed E-state index contributed by atoms with van der Waals surface area (Å²) in [6, 6.07) is 6.04. The van der Waals surface area contributed by atoms with Crippen LogP contribution in [0, 0.1) is 0 Å². The average Bonchev–Trinajstić information content (AvgIpc) is 2.34. The second-order valence-corrected chi connectivity index (χ2v) is 4.48. The largest absolute Gasteiger partial charge is 0.493 e. The first-order valence-corrected chi connectivity index (χ1v) is 6.67. The number of rotatable bonds is 8. The molecule has 0 aliphatic carbocycles. The van der Waals surface area contributed by atoms with Crippen LogP contribution in [0.1, 0.15) is 38.3 Å². The summed E-state index contributed by atoms with van der Waals surface area (Å²) in [6.45, 7) is 7.83. The lowest BCUT2D eigenvalue weighted by molar-refractivity contribution is 0.131. The predicted molar refractivity (Wildman–Crippen MR) is 80.2 cm³/mol. The molecule has 19 heavy (non-hydrogen) atoms. The van der Waals surface area contributed by atoms with Gasteiger partial charge in [0, 0.05) is 12.2 Å². The van der Waals surface area contributed by atoms with Crippen molar-refractivity contribution >= 4 is 12.4 Å². The van der Waals surface area contributed by atoms with Crippen molar-refractivity contribution in [2.45, 2.75) is 46.3 Å². The summed E-state index contributed by atoms with van der Waals surface area (Å²) in [5.41, 5.74) is 2.17. The molecule has 4 heteroatoms. The molecule has 0 aromatic heterocycles. The van der Waals surface area contributed by atoms with Gasteiger partial charge in [-0.25, -0.2) is 0 Å². The van der Waals surface area contributed by atoms with Crippen LogP contribution in [0.15, 0.2) is 18.2 Å². The van der Waals surface area contributed by atoms with Crippen LogP contribution < -0.4 is 4.74 Å². The van der Waals surface area contributed by atoms with Crippen LogP contribution in [0.25, 0.3) is 0 Å². The molecule has 1 rings (SSSR count). The molecule has 0 aliphatic heterocycles. The predicted octanol–water partition coefficient (Wildman–Crippen LogP) is 3.36. The molecule has 110 valence electrons. The molecule has 1 aromatic carbocycles. The zero-order valence-electron chi connectivity index (χ0n) is 12.0. The van der Waals surface area contributed by atoms with E-state index in [9.17, 15) is 5.11 Å². The van der Waals surface area contributed by atoms with Crippen molar-refractivity contribution in [1.29, 1.82) is 0 Å². The maximum absolute atomic E-state index is 9.42. The lowest BCUT2D eigenvalue weighted by Crippen LogP contribution is -2.06. The number of hydrogen-bond acceptors (Lipinski definition) is 3. The Morgan fingerprint density at radius 1 is 1.26 bits per heavy atom. The van der Waals surface area contributed by atoms with E-state index in [0.717, 1.165) is 29.9 Å². The van der Waals surface area contributed by atoms with Crippen LogP contribution in [0.5, 0.6) is 5.75 Å². The smallest absolute Gasteiger partial charge is 0.124 e. The maximum Gasteiger partial charge on any atom is 0.124 e. The highest BCUT2D eigenvalue weighted by Gasteiger charge is 2.07. The topological polar surface area (TPSA) is 38.7 Å². The highest BCUT2D eigenvalue weighted by atomic mass is 35.5. The van der Waals surface area contributed by atoms with E-state index < -0.39 is 0 Å². The fraction of sp³-hybridized carbons (Fsp3) is 0.600. The monoisotopic (exact) mass is 288 g/mol. The summed E-state index contributed by atoms with van der Waals surface area (Å²) >= 11 is 0. The minimum Gasteiger partial charge on any atom is -0.493 e. The Kier molecular flexibility index (Phi) is 9.66. The first-order valence-electron chi connectivity index (χ1n) is 6.67. The molecule has 0 spiro atoms. The van der Waals surface area contributed by atoms with Crippen molar-refractivity contribution in [2.75, 3.05) is 13.2 Å². The summed E-state index contributed by atoms with van der Waals surface area (Å²) in [4.78, 5) is 0. The highest BCUT2D eigenvalue weighted by molar-refractivity contribution is 5.85. The Hall–Kier alpha value is -0.770. The molecular formula is C15H25ClO3. The van der Waals surface area contributed by atoms with E-state index in [4.69, 9.17) is 9.47 Å². The van der Waals surface area contributed by atoms with E-state index in [1.54, 1.807) is 6.92 Å². The molecule has 0 radical (unpaired) electrons. The Morgan fingerprint density at radius 2 is 2.00 bits per heavy atom. The Bertz CT molecular complexity index is 353. The molecule has 0 heterocycles. The van der Waals surface area contributed by atoms with Gasteiger partial charge in [0.05, 0.1) is 19.3 Å². The third kappa shape index (κ3) is 6.81. The summed E-state index contributed by atoms with van der Waals surface area (Å²) in [6.07, 6.45) is 1.32. The van der Waals surface area contributed by atoms with Crippen LogP contribution in [-0.2, 0) is 17.8 Å². The van der Waals surface area contributed by atoms with Crippen molar-refractivity contribution in [1.82, 2.24) is 0 Å². The number of hydrogen-bond donors (Lipinski definition) is 1. The van der Waals surface area contributed by atoms with E-state index in [-0.39, 0.29) is 18.5 Å². The number of benzene rings is 1. The van der Waals surface area contributed by atoms with E-state index >= 15 is 0 Å². The van der Waals surface area contributed by atoms with Gasteiger partial charge in [-0.1, -0.05) is 13.0 Å². The van der Waals surface area contributed by atoms with E-state index in [1.807, 2.05) is 19.1 Å². The minimum atomic E-state index is -0.327. The van der Waals surface area contributed by atoms with E-state index in [0.29, 0.717) is 19.6 Å². The van der Waals surface area contributed by atoms with Gasteiger partial charge >= 0.3 is 0 Å². The van der Waals surface area contributed by atoms with Gasteiger partial charge in [0.2, 0.25) is 0 Å². The summed E-state index contributed by atoms with van der Waals surface area (Å²) in [7, 11) is 0. The average molecular weight is 289 g/mol. The van der Waals surface area contributed by atoms with Crippen LogP contribution in [0.4, 0.5) is 0 Å². The highest BCUT2D eigenvalue weighted by Crippen LogP contribution is 2.22. The van der Waals surface area contributed by atoms with Crippen LogP contribution in [-0.4, -0.2) is 24.4 Å². The first kappa shape index (κ1) is 18.2. The molecule has 0 saturated carbocycles. The Morgan fingerprint density at radius 3 is 2.58 bits per heavy atom. The third-order valence-electron chi connectivity index (χ3n) is 2.58. The molecule has 3 nitrogen and oxygen atoms in total. The van der Waals surface area contributed by atoms with Gasteiger partial charge in [0.25, 0.3) is 0 Å². The summed E-state index contributed by atoms with van der Waals surface area (Å²) in [5, 5.41) is 9.42. The van der Waals surface area contributed by atoms with E-state index in [1.165, 1.54) is 0 Å². The second kappa shape index (κ2) is 10.1. The standard InChI is InChI=1S/C15H24O3.ClH/c1-4-8-18-15-7-6-13(9-12(3)16)10-14(15)11-17-5-2;/h6-7,10,12,16H,4-5,8-9,11H2,1-3H3;1H. The summed E-state index contributed by atoms with van der Waals surface area (Å²) < 4.78 is 11.2. The van der Waals surface area contributed by atoms with Gasteiger partial charge in [0.15, 0.2) is 0 Å². The van der Waals surface area contributed by atoms with Gasteiger partial charge < -0.3 is 14.6 Å². The molecule has 0 aliphatic rings. The number of aliphatic hydroxyl groups excluding tert-OH is 1. The van der Waals surface area contributed by atoms with Gasteiger partial charge in [-0.05, 0) is 44.4 Å². The first-order chi connectivity index (χ1) is 8.67. The van der Waals surface area contributed by atoms with E-state index in [2.05, 4.69) is 13.0 Å².